The van der Waals surface area contributed by atoms with Crippen molar-refractivity contribution in [1.82, 2.24) is 14.8 Å². The second-order valence-electron chi connectivity index (χ2n) is 5.09. The summed E-state index contributed by atoms with van der Waals surface area (Å²) in [6.45, 7) is 4.37. The Kier molecular flexibility index (Phi) is 6.09. The van der Waals surface area contributed by atoms with Gasteiger partial charge in [0, 0.05) is 32.1 Å². The van der Waals surface area contributed by atoms with E-state index in [1.165, 1.54) is 16.2 Å². The summed E-state index contributed by atoms with van der Waals surface area (Å²) in [7, 11) is 3.43. The molecule has 1 rings (SSSR count). The fourth-order valence-corrected chi connectivity index (χ4v) is 2.37. The molecule has 0 aliphatic carbocycles. The first-order valence-electron chi connectivity index (χ1n) is 6.39. The average Bonchev–Trinajstić information content (AvgIpc) is 2.74. The van der Waals surface area contributed by atoms with E-state index < -0.39 is 5.97 Å². The number of likely N-dealkylation sites (N-methyl/N-ethyl adjacent to an activating group) is 1. The Labute approximate surface area is 123 Å². The predicted molar refractivity (Wildman–Crippen MR) is 77.7 cm³/mol. The van der Waals surface area contributed by atoms with Crippen molar-refractivity contribution in [2.75, 3.05) is 20.6 Å². The van der Waals surface area contributed by atoms with Gasteiger partial charge in [-0.15, -0.1) is 11.3 Å². The maximum absolute atomic E-state index is 11.6. The van der Waals surface area contributed by atoms with E-state index in [2.05, 4.69) is 4.98 Å². The zero-order chi connectivity index (χ0) is 15.3. The van der Waals surface area contributed by atoms with Crippen LogP contribution >= 0.6 is 11.3 Å². The van der Waals surface area contributed by atoms with Crippen molar-refractivity contribution in [3.63, 3.8) is 0 Å². The molecule has 1 aromatic rings. The van der Waals surface area contributed by atoms with Crippen LogP contribution in [0.4, 0.5) is 0 Å². The number of thiazole rings is 1. The SMILES string of the molecule is CC(C)N(CC(=O)O)Cc1csc(CC(=O)N(C)C)n1. The minimum absolute atomic E-state index is 0.0113. The lowest BCUT2D eigenvalue weighted by atomic mass is 10.3. The van der Waals surface area contributed by atoms with E-state index in [4.69, 9.17) is 5.11 Å². The van der Waals surface area contributed by atoms with Crippen LogP contribution in [-0.4, -0.2) is 58.4 Å². The Morgan fingerprint density at radius 1 is 1.40 bits per heavy atom. The van der Waals surface area contributed by atoms with Crippen LogP contribution in [0.25, 0.3) is 0 Å². The first kappa shape index (κ1) is 16.6. The molecule has 0 radical (unpaired) electrons. The van der Waals surface area contributed by atoms with Crippen LogP contribution in [0, 0.1) is 0 Å². The van der Waals surface area contributed by atoms with Crippen LogP contribution in [0.15, 0.2) is 5.38 Å². The number of carboxylic acid groups (broad SMARTS) is 1. The van der Waals surface area contributed by atoms with E-state index in [1.54, 1.807) is 14.1 Å². The second-order valence-corrected chi connectivity index (χ2v) is 6.03. The highest BCUT2D eigenvalue weighted by Gasteiger charge is 2.16. The Bertz CT molecular complexity index is 471. The minimum Gasteiger partial charge on any atom is -0.480 e. The summed E-state index contributed by atoms with van der Waals surface area (Å²) in [5.41, 5.74) is 0.812. The third-order valence-corrected chi connectivity index (χ3v) is 3.73. The molecule has 0 spiro atoms. The van der Waals surface area contributed by atoms with Crippen LogP contribution < -0.4 is 0 Å². The normalized spacial score (nSPS) is 11.1. The minimum atomic E-state index is -0.850. The number of aliphatic carboxylic acids is 1. The monoisotopic (exact) mass is 299 g/mol. The molecular weight excluding hydrogens is 278 g/mol. The summed E-state index contributed by atoms with van der Waals surface area (Å²) >= 11 is 1.44. The number of aromatic nitrogens is 1. The van der Waals surface area contributed by atoms with Gasteiger partial charge >= 0.3 is 5.97 Å². The van der Waals surface area contributed by atoms with Crippen LogP contribution in [0.3, 0.4) is 0 Å². The van der Waals surface area contributed by atoms with Crippen molar-refractivity contribution >= 4 is 23.2 Å². The van der Waals surface area contributed by atoms with Crippen LogP contribution in [0.2, 0.25) is 0 Å². The lowest BCUT2D eigenvalue weighted by Gasteiger charge is -2.23. The third-order valence-electron chi connectivity index (χ3n) is 2.83. The smallest absolute Gasteiger partial charge is 0.317 e. The zero-order valence-corrected chi connectivity index (χ0v) is 13.1. The molecule has 0 aliphatic heterocycles. The summed E-state index contributed by atoms with van der Waals surface area (Å²) in [5, 5.41) is 11.5. The summed E-state index contributed by atoms with van der Waals surface area (Å²) in [6.07, 6.45) is 0.290. The molecule has 0 saturated heterocycles. The molecule has 1 heterocycles. The lowest BCUT2D eigenvalue weighted by Crippen LogP contribution is -2.35. The first-order chi connectivity index (χ1) is 9.29. The Morgan fingerprint density at radius 2 is 2.05 bits per heavy atom. The molecular formula is C13H21N3O3S. The van der Waals surface area contributed by atoms with Gasteiger partial charge in [0.1, 0.15) is 5.01 Å². The Morgan fingerprint density at radius 3 is 2.55 bits per heavy atom. The van der Waals surface area contributed by atoms with E-state index in [9.17, 15) is 9.59 Å². The van der Waals surface area contributed by atoms with Gasteiger partial charge in [0.05, 0.1) is 18.7 Å². The number of carbonyl (C=O) groups is 2. The van der Waals surface area contributed by atoms with Crippen LogP contribution in [0.1, 0.15) is 24.5 Å². The lowest BCUT2D eigenvalue weighted by molar-refractivity contribution is -0.139. The molecule has 20 heavy (non-hydrogen) atoms. The first-order valence-corrected chi connectivity index (χ1v) is 7.26. The standard InChI is InChI=1S/C13H21N3O3S/c1-9(2)16(7-13(18)19)6-10-8-20-11(14-10)5-12(17)15(3)4/h8-9H,5-7H2,1-4H3,(H,18,19). The van der Waals surface area contributed by atoms with Gasteiger partial charge in [-0.3, -0.25) is 14.5 Å². The van der Waals surface area contributed by atoms with Crippen LogP contribution in [-0.2, 0) is 22.6 Å². The molecule has 1 amide bonds. The van der Waals surface area contributed by atoms with Gasteiger partial charge < -0.3 is 10.0 Å². The number of amides is 1. The Hall–Kier alpha value is -1.47. The van der Waals surface area contributed by atoms with Crippen molar-refractivity contribution in [2.24, 2.45) is 0 Å². The molecule has 0 aliphatic rings. The van der Waals surface area contributed by atoms with Gasteiger partial charge in [-0.2, -0.15) is 0 Å². The van der Waals surface area contributed by atoms with Crippen molar-refractivity contribution in [3.8, 4) is 0 Å². The Balaban J connectivity index is 2.66. The highest BCUT2D eigenvalue weighted by molar-refractivity contribution is 7.09. The molecule has 1 aromatic heterocycles. The van der Waals surface area contributed by atoms with E-state index in [0.29, 0.717) is 6.54 Å². The fourth-order valence-electron chi connectivity index (χ4n) is 1.59. The van der Waals surface area contributed by atoms with Crippen LogP contribution in [0.5, 0.6) is 0 Å². The molecule has 7 heteroatoms. The average molecular weight is 299 g/mol. The molecule has 0 atom stereocenters. The maximum atomic E-state index is 11.6. The molecule has 6 nitrogen and oxygen atoms in total. The summed E-state index contributed by atoms with van der Waals surface area (Å²) < 4.78 is 0. The number of nitrogens with zero attached hydrogens (tertiary/aromatic N) is 3. The molecule has 0 fully saturated rings. The van der Waals surface area contributed by atoms with Gasteiger partial charge in [-0.05, 0) is 13.8 Å². The van der Waals surface area contributed by atoms with Crippen molar-refractivity contribution < 1.29 is 14.7 Å². The molecule has 0 aromatic carbocycles. The highest BCUT2D eigenvalue weighted by atomic mass is 32.1. The van der Waals surface area contributed by atoms with E-state index >= 15 is 0 Å². The fraction of sp³-hybridized carbons (Fsp3) is 0.615. The largest absolute Gasteiger partial charge is 0.480 e. The number of carboxylic acids is 1. The molecule has 0 bridgehead atoms. The molecule has 112 valence electrons. The van der Waals surface area contributed by atoms with Gasteiger partial charge in [0.2, 0.25) is 5.91 Å². The van der Waals surface area contributed by atoms with Crippen molar-refractivity contribution in [2.45, 2.75) is 32.9 Å². The summed E-state index contributed by atoms with van der Waals surface area (Å²) in [4.78, 5) is 30.2. The topological polar surface area (TPSA) is 73.7 Å². The second kappa shape index (κ2) is 7.35. The van der Waals surface area contributed by atoms with Crippen molar-refractivity contribution in [3.05, 3.63) is 16.1 Å². The highest BCUT2D eigenvalue weighted by Crippen LogP contribution is 2.14. The van der Waals surface area contributed by atoms with E-state index in [-0.39, 0.29) is 24.9 Å². The number of hydrogen-bond acceptors (Lipinski definition) is 5. The van der Waals surface area contributed by atoms with Gasteiger partial charge in [-0.25, -0.2) is 4.98 Å². The maximum Gasteiger partial charge on any atom is 0.317 e. The number of carbonyl (C=O) groups excluding carboxylic acids is 1. The summed E-state index contributed by atoms with van der Waals surface area (Å²) in [5.74, 6) is -0.839. The van der Waals surface area contributed by atoms with Gasteiger partial charge in [-0.1, -0.05) is 0 Å². The molecule has 1 N–H and O–H groups in total. The predicted octanol–water partition coefficient (Wildman–Crippen LogP) is 1.07. The number of rotatable bonds is 7. The van der Waals surface area contributed by atoms with Gasteiger partial charge in [0.25, 0.3) is 0 Å². The van der Waals surface area contributed by atoms with E-state index in [0.717, 1.165) is 10.7 Å². The number of hydrogen-bond donors (Lipinski definition) is 1. The zero-order valence-electron chi connectivity index (χ0n) is 12.3. The molecule has 0 unspecified atom stereocenters. The van der Waals surface area contributed by atoms with E-state index in [1.807, 2.05) is 24.1 Å². The third kappa shape index (κ3) is 5.26. The van der Waals surface area contributed by atoms with Crippen molar-refractivity contribution in [1.29, 1.82) is 0 Å². The van der Waals surface area contributed by atoms with Gasteiger partial charge in [0.15, 0.2) is 0 Å². The quantitative estimate of drug-likeness (QED) is 0.815. The summed E-state index contributed by atoms with van der Waals surface area (Å²) in [6, 6.07) is 0.125. The molecule has 0 saturated carbocycles.